The summed E-state index contributed by atoms with van der Waals surface area (Å²) in [5.74, 6) is 0.0919. The van der Waals surface area contributed by atoms with E-state index in [4.69, 9.17) is 0 Å². The summed E-state index contributed by atoms with van der Waals surface area (Å²) in [7, 11) is 0. The Morgan fingerprint density at radius 1 is 1.50 bits per heavy atom. The van der Waals surface area contributed by atoms with Crippen molar-refractivity contribution in [1.29, 1.82) is 0 Å². The standard InChI is InChI=1S/C10H11N3O4S/c14-8(4-18)10(15)9-6-2-1-5(13(16)17)3-7(6)11-12-9/h1-3,8,10,14-15,18H,4H2,(H,11,12). The summed E-state index contributed by atoms with van der Waals surface area (Å²) in [5.41, 5.74) is 0.607. The van der Waals surface area contributed by atoms with Crippen molar-refractivity contribution in [2.45, 2.75) is 12.2 Å². The van der Waals surface area contributed by atoms with Gasteiger partial charge >= 0.3 is 0 Å². The highest BCUT2D eigenvalue weighted by molar-refractivity contribution is 7.80. The number of hydrogen-bond acceptors (Lipinski definition) is 6. The number of fused-ring (bicyclic) bond motifs is 1. The Kier molecular flexibility index (Phi) is 3.50. The molecule has 0 saturated carbocycles. The van der Waals surface area contributed by atoms with Gasteiger partial charge in [-0.05, 0) is 6.07 Å². The van der Waals surface area contributed by atoms with Crippen LogP contribution in [0.3, 0.4) is 0 Å². The molecule has 18 heavy (non-hydrogen) atoms. The van der Waals surface area contributed by atoms with Crippen molar-refractivity contribution < 1.29 is 15.1 Å². The van der Waals surface area contributed by atoms with E-state index in [1.54, 1.807) is 0 Å². The van der Waals surface area contributed by atoms with E-state index in [2.05, 4.69) is 22.8 Å². The highest BCUT2D eigenvalue weighted by Crippen LogP contribution is 2.27. The van der Waals surface area contributed by atoms with Crippen LogP contribution in [0.5, 0.6) is 0 Å². The van der Waals surface area contributed by atoms with Crippen molar-refractivity contribution in [1.82, 2.24) is 10.2 Å². The number of H-pyrrole nitrogens is 1. The lowest BCUT2D eigenvalue weighted by molar-refractivity contribution is -0.384. The van der Waals surface area contributed by atoms with Crippen molar-refractivity contribution in [3.05, 3.63) is 34.0 Å². The van der Waals surface area contributed by atoms with E-state index in [1.165, 1.54) is 18.2 Å². The molecule has 0 bridgehead atoms. The molecule has 0 aliphatic carbocycles. The Balaban J connectivity index is 2.46. The normalized spacial score (nSPS) is 14.6. The summed E-state index contributed by atoms with van der Waals surface area (Å²) in [6, 6.07) is 4.11. The fourth-order valence-corrected chi connectivity index (χ4v) is 1.85. The molecule has 1 aromatic heterocycles. The molecule has 0 saturated heterocycles. The van der Waals surface area contributed by atoms with Gasteiger partial charge in [-0.3, -0.25) is 15.2 Å². The van der Waals surface area contributed by atoms with E-state index in [0.717, 1.165) is 0 Å². The summed E-state index contributed by atoms with van der Waals surface area (Å²) in [4.78, 5) is 10.1. The molecule has 96 valence electrons. The topological polar surface area (TPSA) is 112 Å². The van der Waals surface area contributed by atoms with Gasteiger partial charge in [0.05, 0.1) is 22.2 Å². The number of non-ortho nitro benzene ring substituents is 1. The van der Waals surface area contributed by atoms with Crippen molar-refractivity contribution >= 4 is 29.2 Å². The molecular formula is C10H11N3O4S. The number of nitro benzene ring substituents is 1. The van der Waals surface area contributed by atoms with E-state index < -0.39 is 17.1 Å². The highest BCUT2D eigenvalue weighted by atomic mass is 32.1. The molecule has 1 aromatic carbocycles. The Labute approximate surface area is 107 Å². The minimum atomic E-state index is -1.16. The van der Waals surface area contributed by atoms with E-state index in [9.17, 15) is 20.3 Å². The highest BCUT2D eigenvalue weighted by Gasteiger charge is 2.22. The zero-order valence-corrected chi connectivity index (χ0v) is 10.0. The number of aliphatic hydroxyl groups is 2. The van der Waals surface area contributed by atoms with Crippen LogP contribution in [0, 0.1) is 10.1 Å². The van der Waals surface area contributed by atoms with E-state index in [-0.39, 0.29) is 11.4 Å². The molecule has 3 N–H and O–H groups in total. The number of benzene rings is 1. The number of nitro groups is 1. The third-order valence-corrected chi connectivity index (χ3v) is 3.00. The minimum absolute atomic E-state index is 0.0789. The third-order valence-electron chi connectivity index (χ3n) is 2.63. The van der Waals surface area contributed by atoms with Gasteiger partial charge in [-0.2, -0.15) is 17.7 Å². The molecule has 0 amide bonds. The predicted molar refractivity (Wildman–Crippen MR) is 67.6 cm³/mol. The van der Waals surface area contributed by atoms with Gasteiger partial charge in [0.2, 0.25) is 0 Å². The Morgan fingerprint density at radius 2 is 2.22 bits per heavy atom. The molecule has 0 aliphatic heterocycles. The number of hydrogen-bond donors (Lipinski definition) is 4. The smallest absolute Gasteiger partial charge is 0.271 e. The van der Waals surface area contributed by atoms with Crippen molar-refractivity contribution in [2.75, 3.05) is 5.75 Å². The number of thiol groups is 1. The second-order valence-corrected chi connectivity index (χ2v) is 4.16. The summed E-state index contributed by atoms with van der Waals surface area (Å²) < 4.78 is 0. The predicted octanol–water partition coefficient (Wildman–Crippen LogP) is 0.795. The molecule has 0 fully saturated rings. The maximum atomic E-state index is 10.6. The summed E-state index contributed by atoms with van der Waals surface area (Å²) in [5, 5.41) is 37.0. The minimum Gasteiger partial charge on any atom is -0.389 e. The molecule has 2 rings (SSSR count). The number of rotatable bonds is 4. The van der Waals surface area contributed by atoms with Crippen LogP contribution in [-0.4, -0.2) is 37.2 Å². The Morgan fingerprint density at radius 3 is 2.83 bits per heavy atom. The van der Waals surface area contributed by atoms with E-state index in [1.807, 2.05) is 0 Å². The van der Waals surface area contributed by atoms with Gasteiger partial charge in [0.25, 0.3) is 5.69 Å². The van der Waals surface area contributed by atoms with Gasteiger partial charge in [-0.25, -0.2) is 0 Å². The number of nitrogens with zero attached hydrogens (tertiary/aromatic N) is 2. The van der Waals surface area contributed by atoms with Crippen LogP contribution < -0.4 is 0 Å². The molecule has 2 aromatic rings. The second-order valence-electron chi connectivity index (χ2n) is 3.79. The second kappa shape index (κ2) is 4.92. The van der Waals surface area contributed by atoms with Crippen LogP contribution in [-0.2, 0) is 0 Å². The van der Waals surface area contributed by atoms with Crippen LogP contribution in [0.25, 0.3) is 10.9 Å². The quantitative estimate of drug-likeness (QED) is 0.372. The zero-order valence-electron chi connectivity index (χ0n) is 9.15. The molecule has 2 atom stereocenters. The molecule has 0 spiro atoms. The maximum Gasteiger partial charge on any atom is 0.271 e. The van der Waals surface area contributed by atoms with Crippen LogP contribution in [0.15, 0.2) is 18.2 Å². The van der Waals surface area contributed by atoms with Gasteiger partial charge in [0.1, 0.15) is 6.10 Å². The molecule has 1 heterocycles. The molecular weight excluding hydrogens is 258 g/mol. The monoisotopic (exact) mass is 269 g/mol. The lowest BCUT2D eigenvalue weighted by Crippen LogP contribution is -2.20. The average molecular weight is 269 g/mol. The lowest BCUT2D eigenvalue weighted by Gasteiger charge is -2.14. The molecule has 7 nitrogen and oxygen atoms in total. The fraction of sp³-hybridized carbons (Fsp3) is 0.300. The maximum absolute atomic E-state index is 10.6. The largest absolute Gasteiger partial charge is 0.389 e. The third kappa shape index (κ3) is 2.17. The van der Waals surface area contributed by atoms with Gasteiger partial charge in [-0.1, -0.05) is 0 Å². The number of nitrogens with one attached hydrogen (secondary N) is 1. The van der Waals surface area contributed by atoms with Crippen LogP contribution in [0.2, 0.25) is 0 Å². The van der Waals surface area contributed by atoms with E-state index >= 15 is 0 Å². The zero-order chi connectivity index (χ0) is 13.3. The summed E-state index contributed by atoms with van der Waals surface area (Å²) in [6.45, 7) is 0. The van der Waals surface area contributed by atoms with Gasteiger partial charge < -0.3 is 10.2 Å². The van der Waals surface area contributed by atoms with Crippen molar-refractivity contribution in [2.24, 2.45) is 0 Å². The first kappa shape index (κ1) is 12.8. The molecule has 0 aliphatic rings. The molecule has 0 radical (unpaired) electrons. The summed E-state index contributed by atoms with van der Waals surface area (Å²) >= 11 is 3.89. The van der Waals surface area contributed by atoms with Crippen molar-refractivity contribution in [3.8, 4) is 0 Å². The Hall–Kier alpha value is -1.64. The Bertz CT molecular complexity index is 586. The van der Waals surface area contributed by atoms with Gasteiger partial charge in [0.15, 0.2) is 0 Å². The van der Waals surface area contributed by atoms with Crippen LogP contribution >= 0.6 is 12.6 Å². The lowest BCUT2D eigenvalue weighted by atomic mass is 10.1. The SMILES string of the molecule is O=[N+]([O-])c1ccc2c(C(O)C(O)CS)[nH]nc2c1. The number of aliphatic hydroxyl groups excluding tert-OH is 2. The first-order valence-electron chi connectivity index (χ1n) is 5.14. The number of aromatic nitrogens is 2. The molecule has 2 unspecified atom stereocenters. The first-order chi connectivity index (χ1) is 8.54. The van der Waals surface area contributed by atoms with Gasteiger partial charge in [-0.15, -0.1) is 0 Å². The van der Waals surface area contributed by atoms with Gasteiger partial charge in [0, 0.05) is 23.3 Å². The molecule has 8 heteroatoms. The van der Waals surface area contributed by atoms with Crippen molar-refractivity contribution in [3.63, 3.8) is 0 Å². The van der Waals surface area contributed by atoms with Crippen LogP contribution in [0.4, 0.5) is 5.69 Å². The first-order valence-corrected chi connectivity index (χ1v) is 5.77. The van der Waals surface area contributed by atoms with Crippen LogP contribution in [0.1, 0.15) is 11.8 Å². The number of aromatic amines is 1. The fourth-order valence-electron chi connectivity index (χ4n) is 1.65. The average Bonchev–Trinajstić information content (AvgIpc) is 2.79. The van der Waals surface area contributed by atoms with E-state index in [0.29, 0.717) is 16.6 Å². The summed E-state index contributed by atoms with van der Waals surface area (Å²) in [6.07, 6.45) is -2.19.